The summed E-state index contributed by atoms with van der Waals surface area (Å²) in [6.45, 7) is 0.950. The molecule has 0 amide bonds. The van der Waals surface area contributed by atoms with E-state index in [1.807, 2.05) is 0 Å². The van der Waals surface area contributed by atoms with Crippen LogP contribution in [0, 0.1) is 17.3 Å². The zero-order valence-corrected chi connectivity index (χ0v) is 9.74. The monoisotopic (exact) mass is 223 g/mol. The van der Waals surface area contributed by atoms with Crippen molar-refractivity contribution in [2.75, 3.05) is 6.54 Å². The fourth-order valence-corrected chi connectivity index (χ4v) is 4.07. The fourth-order valence-electron chi connectivity index (χ4n) is 4.07. The summed E-state index contributed by atoms with van der Waals surface area (Å²) in [7, 11) is 0. The lowest BCUT2D eigenvalue weighted by Gasteiger charge is -2.23. The van der Waals surface area contributed by atoms with Crippen molar-refractivity contribution >= 4 is 5.97 Å². The zero-order valence-electron chi connectivity index (χ0n) is 9.74. The van der Waals surface area contributed by atoms with E-state index in [4.69, 9.17) is 5.11 Å². The maximum absolute atomic E-state index is 10.9. The number of carboxylic acid groups (broad SMARTS) is 1. The lowest BCUT2D eigenvalue weighted by atomic mass is 9.82. The maximum Gasteiger partial charge on any atom is 0.320 e. The first kappa shape index (κ1) is 10.6. The number of rotatable bonds is 2. The van der Waals surface area contributed by atoms with E-state index in [0.29, 0.717) is 5.41 Å². The highest BCUT2D eigenvalue weighted by atomic mass is 16.4. The Morgan fingerprint density at radius 1 is 1.19 bits per heavy atom. The van der Waals surface area contributed by atoms with Gasteiger partial charge in [-0.3, -0.25) is 4.79 Å². The van der Waals surface area contributed by atoms with E-state index >= 15 is 0 Å². The van der Waals surface area contributed by atoms with Gasteiger partial charge in [-0.05, 0) is 30.1 Å². The molecule has 3 heteroatoms. The van der Waals surface area contributed by atoms with Crippen molar-refractivity contribution < 1.29 is 9.90 Å². The Hall–Kier alpha value is -0.570. The summed E-state index contributed by atoms with van der Waals surface area (Å²) in [5.74, 6) is 1.08. The van der Waals surface area contributed by atoms with Gasteiger partial charge in [-0.25, -0.2) is 0 Å². The third-order valence-corrected chi connectivity index (χ3v) is 5.08. The Morgan fingerprint density at radius 3 is 2.56 bits per heavy atom. The summed E-state index contributed by atoms with van der Waals surface area (Å²) in [4.78, 5) is 10.9. The number of nitrogens with one attached hydrogen (secondary N) is 1. The average molecular weight is 223 g/mol. The van der Waals surface area contributed by atoms with Crippen molar-refractivity contribution in [3.05, 3.63) is 0 Å². The van der Waals surface area contributed by atoms with Crippen LogP contribution in [-0.4, -0.2) is 23.7 Å². The highest BCUT2D eigenvalue weighted by Crippen LogP contribution is 2.63. The second-order valence-electron chi connectivity index (χ2n) is 6.05. The van der Waals surface area contributed by atoms with Gasteiger partial charge in [-0.2, -0.15) is 0 Å². The van der Waals surface area contributed by atoms with Crippen molar-refractivity contribution in [1.82, 2.24) is 5.32 Å². The summed E-state index contributed by atoms with van der Waals surface area (Å²) in [6.07, 6.45) is 9.15. The van der Waals surface area contributed by atoms with E-state index in [1.54, 1.807) is 0 Å². The largest absolute Gasteiger partial charge is 0.480 e. The molecule has 2 saturated carbocycles. The lowest BCUT2D eigenvalue weighted by Crippen LogP contribution is -2.29. The van der Waals surface area contributed by atoms with Crippen LogP contribution < -0.4 is 5.32 Å². The number of hydrogen-bond donors (Lipinski definition) is 2. The molecule has 1 spiro atoms. The number of carboxylic acids is 1. The lowest BCUT2D eigenvalue weighted by molar-refractivity contribution is -0.139. The molecule has 0 aromatic rings. The molecule has 90 valence electrons. The van der Waals surface area contributed by atoms with E-state index in [1.165, 1.54) is 38.5 Å². The van der Waals surface area contributed by atoms with Gasteiger partial charge in [0, 0.05) is 6.54 Å². The van der Waals surface area contributed by atoms with Crippen LogP contribution in [0.25, 0.3) is 0 Å². The highest BCUT2D eigenvalue weighted by molar-refractivity contribution is 5.74. The fraction of sp³-hybridized carbons (Fsp3) is 0.923. The predicted molar refractivity (Wildman–Crippen MR) is 61.2 cm³/mol. The molecule has 2 aliphatic carbocycles. The molecule has 2 N–H and O–H groups in total. The van der Waals surface area contributed by atoms with Crippen LogP contribution in [0.3, 0.4) is 0 Å². The zero-order chi connectivity index (χ0) is 11.2. The molecule has 0 aromatic heterocycles. The third kappa shape index (κ3) is 1.65. The molecule has 0 radical (unpaired) electrons. The molecular weight excluding hydrogens is 202 g/mol. The molecule has 1 saturated heterocycles. The molecule has 3 fully saturated rings. The van der Waals surface area contributed by atoms with Gasteiger partial charge in [0.25, 0.3) is 0 Å². The van der Waals surface area contributed by atoms with Crippen molar-refractivity contribution in [3.63, 3.8) is 0 Å². The summed E-state index contributed by atoms with van der Waals surface area (Å²) in [5, 5.41) is 12.2. The standard InChI is InChI=1S/C13H21NO2/c15-12(16)11-7-13(8-14-11)6-10(13)9-4-2-1-3-5-9/h9-11,14H,1-8H2,(H,15,16)/t10?,11-,13+/m0/s1. The average Bonchev–Trinajstić information content (AvgIpc) is 2.80. The minimum absolute atomic E-state index is 0.270. The minimum Gasteiger partial charge on any atom is -0.480 e. The van der Waals surface area contributed by atoms with Crippen LogP contribution in [0.2, 0.25) is 0 Å². The molecule has 3 atom stereocenters. The minimum atomic E-state index is -0.661. The Morgan fingerprint density at radius 2 is 1.94 bits per heavy atom. The molecule has 1 unspecified atom stereocenters. The van der Waals surface area contributed by atoms with Gasteiger partial charge in [0.15, 0.2) is 0 Å². The van der Waals surface area contributed by atoms with Gasteiger partial charge in [0.05, 0.1) is 0 Å². The molecule has 3 rings (SSSR count). The van der Waals surface area contributed by atoms with Gasteiger partial charge in [-0.1, -0.05) is 32.1 Å². The molecule has 0 bridgehead atoms. The second kappa shape index (κ2) is 3.73. The Kier molecular flexibility index (Phi) is 2.46. The summed E-state index contributed by atoms with van der Waals surface area (Å²) < 4.78 is 0. The molecule has 0 aromatic carbocycles. The van der Waals surface area contributed by atoms with Crippen molar-refractivity contribution in [1.29, 1.82) is 0 Å². The van der Waals surface area contributed by atoms with Crippen LogP contribution in [0.4, 0.5) is 0 Å². The SMILES string of the molecule is O=C(O)[C@@H]1C[C@@]2(CN1)CC2C1CCCCC1. The Bertz CT molecular complexity index is 298. The second-order valence-corrected chi connectivity index (χ2v) is 6.05. The molecule has 3 nitrogen and oxygen atoms in total. The van der Waals surface area contributed by atoms with Crippen molar-refractivity contribution in [2.45, 2.75) is 51.0 Å². The number of carbonyl (C=O) groups is 1. The van der Waals surface area contributed by atoms with E-state index in [9.17, 15) is 4.79 Å². The van der Waals surface area contributed by atoms with Crippen LogP contribution in [0.5, 0.6) is 0 Å². The van der Waals surface area contributed by atoms with Gasteiger partial charge >= 0.3 is 5.97 Å². The first-order valence-electron chi connectivity index (χ1n) is 6.67. The van der Waals surface area contributed by atoms with Crippen LogP contribution in [0.1, 0.15) is 44.9 Å². The number of aliphatic carboxylic acids is 1. The molecule has 16 heavy (non-hydrogen) atoms. The van der Waals surface area contributed by atoms with Gasteiger partial charge in [-0.15, -0.1) is 0 Å². The van der Waals surface area contributed by atoms with Crippen LogP contribution in [0.15, 0.2) is 0 Å². The molecule has 1 aliphatic heterocycles. The summed E-state index contributed by atoms with van der Waals surface area (Å²) >= 11 is 0. The molecule has 1 heterocycles. The predicted octanol–water partition coefficient (Wildman–Crippen LogP) is 2.02. The maximum atomic E-state index is 10.9. The van der Waals surface area contributed by atoms with Gasteiger partial charge in [0.1, 0.15) is 6.04 Å². The summed E-state index contributed by atoms with van der Waals surface area (Å²) in [6, 6.07) is -0.270. The van der Waals surface area contributed by atoms with Crippen molar-refractivity contribution in [2.24, 2.45) is 17.3 Å². The quantitative estimate of drug-likeness (QED) is 0.753. The number of hydrogen-bond acceptors (Lipinski definition) is 2. The Labute approximate surface area is 96.6 Å². The smallest absolute Gasteiger partial charge is 0.320 e. The van der Waals surface area contributed by atoms with Gasteiger partial charge < -0.3 is 10.4 Å². The third-order valence-electron chi connectivity index (χ3n) is 5.08. The van der Waals surface area contributed by atoms with E-state index in [-0.39, 0.29) is 6.04 Å². The van der Waals surface area contributed by atoms with Crippen molar-refractivity contribution in [3.8, 4) is 0 Å². The summed E-state index contributed by atoms with van der Waals surface area (Å²) in [5.41, 5.74) is 0.380. The van der Waals surface area contributed by atoms with E-state index in [0.717, 1.165) is 24.8 Å². The first-order chi connectivity index (χ1) is 7.71. The van der Waals surface area contributed by atoms with Crippen LogP contribution >= 0.6 is 0 Å². The van der Waals surface area contributed by atoms with E-state index < -0.39 is 5.97 Å². The molecular formula is C13H21NO2. The van der Waals surface area contributed by atoms with E-state index in [2.05, 4.69) is 5.32 Å². The first-order valence-corrected chi connectivity index (χ1v) is 6.67. The highest BCUT2D eigenvalue weighted by Gasteiger charge is 2.60. The normalized spacial score (nSPS) is 43.8. The molecule has 3 aliphatic rings. The topological polar surface area (TPSA) is 49.3 Å². The van der Waals surface area contributed by atoms with Crippen LogP contribution in [-0.2, 0) is 4.79 Å². The Balaban J connectivity index is 1.60. The van der Waals surface area contributed by atoms with Gasteiger partial charge in [0.2, 0.25) is 0 Å².